The minimum absolute atomic E-state index is 0.0455. The summed E-state index contributed by atoms with van der Waals surface area (Å²) in [5, 5.41) is 11.3. The first kappa shape index (κ1) is 11.0. The molecular weight excluding hydrogens is 182 g/mol. The minimum atomic E-state index is -0.792. The van der Waals surface area contributed by atoms with Crippen LogP contribution in [0.2, 0.25) is 0 Å². The highest BCUT2D eigenvalue weighted by Crippen LogP contribution is 2.34. The van der Waals surface area contributed by atoms with Crippen molar-refractivity contribution < 1.29 is 14.7 Å². The number of rotatable bonds is 6. The number of unbranched alkanes of at least 4 members (excludes halogenated alkanes) is 1. The van der Waals surface area contributed by atoms with Gasteiger partial charge in [-0.1, -0.05) is 0 Å². The average Bonchev–Trinajstić information content (AvgIpc) is 2.77. The van der Waals surface area contributed by atoms with Crippen LogP contribution in [0, 0.1) is 0 Å². The Bertz CT molecular complexity index is 234. The predicted molar refractivity (Wildman–Crippen MR) is 51.9 cm³/mol. The maximum atomic E-state index is 11.3. The molecule has 0 bridgehead atoms. The van der Waals surface area contributed by atoms with Crippen LogP contribution in [-0.2, 0) is 9.59 Å². The molecule has 2 N–H and O–H groups in total. The second kappa shape index (κ2) is 4.44. The Labute approximate surface area is 83.7 Å². The van der Waals surface area contributed by atoms with E-state index < -0.39 is 5.97 Å². The second-order valence-corrected chi connectivity index (χ2v) is 4.21. The van der Waals surface area contributed by atoms with E-state index in [1.807, 2.05) is 6.92 Å². The van der Waals surface area contributed by atoms with Crippen LogP contribution >= 0.6 is 0 Å². The fourth-order valence-corrected chi connectivity index (χ4v) is 1.27. The molecule has 0 atom stereocenters. The smallest absolute Gasteiger partial charge is 0.303 e. The van der Waals surface area contributed by atoms with Crippen LogP contribution in [0.3, 0.4) is 0 Å². The second-order valence-electron chi connectivity index (χ2n) is 4.21. The fraction of sp³-hybridized carbons (Fsp3) is 0.800. The van der Waals surface area contributed by atoms with Crippen LogP contribution in [0.25, 0.3) is 0 Å². The van der Waals surface area contributed by atoms with Crippen molar-refractivity contribution in [3.8, 4) is 0 Å². The van der Waals surface area contributed by atoms with Crippen LogP contribution in [0.1, 0.15) is 45.4 Å². The molecule has 1 fully saturated rings. The zero-order chi connectivity index (χ0) is 10.6. The van der Waals surface area contributed by atoms with Crippen LogP contribution in [0.15, 0.2) is 0 Å². The Morgan fingerprint density at radius 2 is 1.86 bits per heavy atom. The van der Waals surface area contributed by atoms with E-state index in [2.05, 4.69) is 5.32 Å². The quantitative estimate of drug-likeness (QED) is 0.634. The van der Waals surface area contributed by atoms with E-state index in [0.717, 1.165) is 12.8 Å². The molecule has 0 saturated heterocycles. The molecule has 0 radical (unpaired) electrons. The van der Waals surface area contributed by atoms with Crippen LogP contribution in [0.5, 0.6) is 0 Å². The SMILES string of the molecule is CC1(NC(=O)CCCCC(=O)O)CC1. The standard InChI is InChI=1S/C10H17NO3/c1-10(6-7-10)11-8(12)4-2-3-5-9(13)14/h2-7H2,1H3,(H,11,12)(H,13,14). The minimum Gasteiger partial charge on any atom is -0.481 e. The largest absolute Gasteiger partial charge is 0.481 e. The van der Waals surface area contributed by atoms with Gasteiger partial charge in [0, 0.05) is 18.4 Å². The van der Waals surface area contributed by atoms with Gasteiger partial charge in [0.1, 0.15) is 0 Å². The molecule has 1 rings (SSSR count). The Kier molecular flexibility index (Phi) is 3.49. The number of aliphatic carboxylic acids is 1. The summed E-state index contributed by atoms with van der Waals surface area (Å²) in [5.74, 6) is -0.741. The van der Waals surface area contributed by atoms with Gasteiger partial charge in [0.2, 0.25) is 5.91 Å². The number of amides is 1. The zero-order valence-corrected chi connectivity index (χ0v) is 8.51. The Morgan fingerprint density at radius 3 is 2.36 bits per heavy atom. The highest BCUT2D eigenvalue weighted by atomic mass is 16.4. The molecule has 4 heteroatoms. The highest BCUT2D eigenvalue weighted by Gasteiger charge is 2.38. The van der Waals surface area contributed by atoms with Crippen molar-refractivity contribution in [1.82, 2.24) is 5.32 Å². The maximum Gasteiger partial charge on any atom is 0.303 e. The maximum absolute atomic E-state index is 11.3. The molecule has 0 aromatic rings. The monoisotopic (exact) mass is 199 g/mol. The number of hydrogen-bond donors (Lipinski definition) is 2. The molecule has 0 heterocycles. The summed E-state index contributed by atoms with van der Waals surface area (Å²) in [5.41, 5.74) is 0.0455. The first-order chi connectivity index (χ1) is 6.52. The molecule has 1 saturated carbocycles. The van der Waals surface area contributed by atoms with Crippen molar-refractivity contribution in [3.05, 3.63) is 0 Å². The molecule has 4 nitrogen and oxygen atoms in total. The Hall–Kier alpha value is -1.06. The summed E-state index contributed by atoms with van der Waals surface area (Å²) in [4.78, 5) is 21.5. The fourth-order valence-electron chi connectivity index (χ4n) is 1.27. The molecule has 1 amide bonds. The van der Waals surface area contributed by atoms with Gasteiger partial charge < -0.3 is 10.4 Å². The Balaban J connectivity index is 2.01. The van der Waals surface area contributed by atoms with Gasteiger partial charge >= 0.3 is 5.97 Å². The third-order valence-corrected chi connectivity index (χ3v) is 2.49. The van der Waals surface area contributed by atoms with Crippen molar-refractivity contribution in [1.29, 1.82) is 0 Å². The van der Waals surface area contributed by atoms with Gasteiger partial charge in [0.15, 0.2) is 0 Å². The first-order valence-corrected chi connectivity index (χ1v) is 5.05. The van der Waals surface area contributed by atoms with Crippen LogP contribution in [0.4, 0.5) is 0 Å². The summed E-state index contributed by atoms with van der Waals surface area (Å²) in [6, 6.07) is 0. The Morgan fingerprint density at radius 1 is 1.29 bits per heavy atom. The molecule has 0 aromatic carbocycles. The van der Waals surface area contributed by atoms with Crippen molar-refractivity contribution in [2.75, 3.05) is 0 Å². The van der Waals surface area contributed by atoms with Crippen molar-refractivity contribution in [2.45, 2.75) is 51.0 Å². The summed E-state index contributed by atoms with van der Waals surface area (Å²) >= 11 is 0. The molecule has 0 aliphatic heterocycles. The topological polar surface area (TPSA) is 66.4 Å². The van der Waals surface area contributed by atoms with Gasteiger partial charge in [-0.25, -0.2) is 0 Å². The third-order valence-electron chi connectivity index (χ3n) is 2.49. The van der Waals surface area contributed by atoms with E-state index in [4.69, 9.17) is 5.11 Å². The van der Waals surface area contributed by atoms with E-state index in [1.165, 1.54) is 0 Å². The number of carbonyl (C=O) groups is 2. The number of carbonyl (C=O) groups excluding carboxylic acids is 1. The number of carboxylic acids is 1. The molecule has 1 aliphatic rings. The molecule has 1 aliphatic carbocycles. The van der Waals surface area contributed by atoms with E-state index >= 15 is 0 Å². The molecule has 14 heavy (non-hydrogen) atoms. The van der Waals surface area contributed by atoms with Gasteiger partial charge in [-0.2, -0.15) is 0 Å². The molecule has 0 unspecified atom stereocenters. The lowest BCUT2D eigenvalue weighted by Crippen LogP contribution is -2.33. The van der Waals surface area contributed by atoms with Crippen molar-refractivity contribution >= 4 is 11.9 Å². The normalized spacial score (nSPS) is 17.5. The van der Waals surface area contributed by atoms with E-state index in [1.54, 1.807) is 0 Å². The number of hydrogen-bond acceptors (Lipinski definition) is 2. The van der Waals surface area contributed by atoms with Crippen molar-refractivity contribution in [2.24, 2.45) is 0 Å². The predicted octanol–water partition coefficient (Wildman–Crippen LogP) is 1.30. The number of carboxylic acid groups (broad SMARTS) is 1. The van der Waals surface area contributed by atoms with Gasteiger partial charge in [-0.05, 0) is 32.6 Å². The van der Waals surface area contributed by atoms with Crippen LogP contribution < -0.4 is 5.32 Å². The first-order valence-electron chi connectivity index (χ1n) is 5.05. The van der Waals surface area contributed by atoms with E-state index in [0.29, 0.717) is 19.3 Å². The molecular formula is C10H17NO3. The number of nitrogens with one attached hydrogen (secondary N) is 1. The summed E-state index contributed by atoms with van der Waals surface area (Å²) in [6.45, 7) is 2.03. The lowest BCUT2D eigenvalue weighted by molar-refractivity contribution is -0.137. The average molecular weight is 199 g/mol. The summed E-state index contributed by atoms with van der Waals surface area (Å²) in [6.07, 6.45) is 3.98. The molecule has 0 aromatic heterocycles. The third kappa shape index (κ3) is 4.25. The van der Waals surface area contributed by atoms with E-state index in [-0.39, 0.29) is 17.9 Å². The summed E-state index contributed by atoms with van der Waals surface area (Å²) in [7, 11) is 0. The molecule has 80 valence electrons. The lowest BCUT2D eigenvalue weighted by atomic mass is 10.2. The molecule has 0 spiro atoms. The van der Waals surface area contributed by atoms with E-state index in [9.17, 15) is 9.59 Å². The zero-order valence-electron chi connectivity index (χ0n) is 8.51. The lowest BCUT2D eigenvalue weighted by Gasteiger charge is -2.10. The highest BCUT2D eigenvalue weighted by molar-refractivity contribution is 5.77. The van der Waals surface area contributed by atoms with Crippen LogP contribution in [-0.4, -0.2) is 22.5 Å². The van der Waals surface area contributed by atoms with Gasteiger partial charge in [0.05, 0.1) is 0 Å². The van der Waals surface area contributed by atoms with Gasteiger partial charge in [-0.15, -0.1) is 0 Å². The van der Waals surface area contributed by atoms with Crippen molar-refractivity contribution in [3.63, 3.8) is 0 Å². The summed E-state index contributed by atoms with van der Waals surface area (Å²) < 4.78 is 0. The van der Waals surface area contributed by atoms with Gasteiger partial charge in [-0.3, -0.25) is 9.59 Å². The van der Waals surface area contributed by atoms with Gasteiger partial charge in [0.25, 0.3) is 0 Å².